The first-order valence-electron chi connectivity index (χ1n) is 4.25. The Hall–Kier alpha value is -1.34. The summed E-state index contributed by atoms with van der Waals surface area (Å²) in [4.78, 5) is 22.5. The zero-order valence-corrected chi connectivity index (χ0v) is 9.28. The maximum atomic E-state index is 11.5. The summed E-state index contributed by atoms with van der Waals surface area (Å²) in [7, 11) is 1.53. The predicted octanol–water partition coefficient (Wildman–Crippen LogP) is -0.0296. The topological polar surface area (TPSA) is 81.8 Å². The van der Waals surface area contributed by atoms with Gasteiger partial charge in [-0.15, -0.1) is 5.10 Å². The SMILES string of the molecule is CCOC(=O)C1=CSC(=NN)[N+]1(C)C=O. The Balaban J connectivity index is 3.01. The van der Waals surface area contributed by atoms with Crippen LogP contribution in [0.1, 0.15) is 6.92 Å². The van der Waals surface area contributed by atoms with Crippen molar-refractivity contribution in [2.45, 2.75) is 6.92 Å². The fraction of sp³-hybridized carbons (Fsp3) is 0.375. The summed E-state index contributed by atoms with van der Waals surface area (Å²) in [5, 5.41) is 5.33. The Kier molecular flexibility index (Phi) is 3.48. The maximum Gasteiger partial charge on any atom is 0.394 e. The molecule has 0 aromatic carbocycles. The molecule has 0 aliphatic carbocycles. The largest absolute Gasteiger partial charge is 0.458 e. The van der Waals surface area contributed by atoms with Crippen molar-refractivity contribution in [1.82, 2.24) is 0 Å². The number of hydrogen-bond acceptors (Lipinski definition) is 6. The van der Waals surface area contributed by atoms with Crippen molar-refractivity contribution >= 4 is 29.3 Å². The van der Waals surface area contributed by atoms with Crippen LogP contribution in [0.4, 0.5) is 0 Å². The van der Waals surface area contributed by atoms with E-state index in [0.717, 1.165) is 11.8 Å². The molecule has 0 aromatic rings. The van der Waals surface area contributed by atoms with Gasteiger partial charge in [0.25, 0.3) is 5.17 Å². The number of carbonyl (C=O) groups is 2. The number of quaternary nitrogens is 1. The fourth-order valence-electron chi connectivity index (χ4n) is 1.13. The van der Waals surface area contributed by atoms with E-state index in [4.69, 9.17) is 10.6 Å². The second-order valence-electron chi connectivity index (χ2n) is 2.93. The molecule has 15 heavy (non-hydrogen) atoms. The molecule has 2 N–H and O–H groups in total. The van der Waals surface area contributed by atoms with Gasteiger partial charge in [0.1, 0.15) is 0 Å². The van der Waals surface area contributed by atoms with Crippen molar-refractivity contribution in [1.29, 1.82) is 0 Å². The normalized spacial score (nSPS) is 27.6. The van der Waals surface area contributed by atoms with Gasteiger partial charge in [-0.3, -0.25) is 0 Å². The highest BCUT2D eigenvalue weighted by Gasteiger charge is 2.45. The van der Waals surface area contributed by atoms with Crippen LogP contribution < -0.4 is 5.84 Å². The van der Waals surface area contributed by atoms with Crippen LogP contribution in [0.5, 0.6) is 0 Å². The Morgan fingerprint density at radius 2 is 2.47 bits per heavy atom. The van der Waals surface area contributed by atoms with Crippen LogP contribution in [0.3, 0.4) is 0 Å². The third kappa shape index (κ3) is 1.88. The minimum atomic E-state index is -0.529. The number of amides is 1. The molecular weight excluding hydrogens is 218 g/mol. The summed E-state index contributed by atoms with van der Waals surface area (Å²) < 4.78 is 4.46. The van der Waals surface area contributed by atoms with Crippen molar-refractivity contribution in [3.05, 3.63) is 11.1 Å². The van der Waals surface area contributed by atoms with E-state index in [9.17, 15) is 9.59 Å². The summed E-state index contributed by atoms with van der Waals surface area (Å²) in [5.74, 6) is 4.60. The van der Waals surface area contributed by atoms with Crippen LogP contribution in [0, 0.1) is 0 Å². The van der Waals surface area contributed by atoms with E-state index >= 15 is 0 Å². The van der Waals surface area contributed by atoms with E-state index < -0.39 is 5.97 Å². The molecule has 0 saturated heterocycles. The van der Waals surface area contributed by atoms with Crippen LogP contribution in [-0.4, -0.2) is 35.7 Å². The van der Waals surface area contributed by atoms with Gasteiger partial charge >= 0.3 is 12.4 Å². The second-order valence-corrected chi connectivity index (χ2v) is 3.77. The Morgan fingerprint density at radius 3 is 2.93 bits per heavy atom. The number of carbonyl (C=O) groups excluding carboxylic acids is 2. The zero-order chi connectivity index (χ0) is 11.5. The molecule has 1 aliphatic rings. The summed E-state index contributed by atoms with van der Waals surface area (Å²) in [6.07, 6.45) is 0.592. The first-order chi connectivity index (χ1) is 7.10. The summed E-state index contributed by atoms with van der Waals surface area (Å²) >= 11 is 1.14. The molecule has 1 atom stereocenters. The molecule has 6 nitrogen and oxygen atoms in total. The van der Waals surface area contributed by atoms with Crippen LogP contribution >= 0.6 is 11.8 Å². The van der Waals surface area contributed by atoms with Crippen molar-refractivity contribution < 1.29 is 18.8 Å². The number of thioether (sulfide) groups is 1. The van der Waals surface area contributed by atoms with Gasteiger partial charge in [-0.2, -0.15) is 4.48 Å². The van der Waals surface area contributed by atoms with E-state index in [1.807, 2.05) is 0 Å². The van der Waals surface area contributed by atoms with E-state index in [0.29, 0.717) is 11.6 Å². The fourth-order valence-corrected chi connectivity index (χ4v) is 2.08. The molecular formula is C8H12N3O3S+. The van der Waals surface area contributed by atoms with Crippen LogP contribution in [0.2, 0.25) is 0 Å². The van der Waals surface area contributed by atoms with Crippen LogP contribution in [-0.2, 0) is 14.3 Å². The molecule has 0 saturated carbocycles. The number of hydrogen-bond donors (Lipinski definition) is 1. The van der Waals surface area contributed by atoms with Crippen molar-refractivity contribution in [3.63, 3.8) is 0 Å². The summed E-state index contributed by atoms with van der Waals surface area (Å²) in [6, 6.07) is 0. The number of esters is 1. The van der Waals surface area contributed by atoms with E-state index in [-0.39, 0.29) is 16.8 Å². The molecule has 0 spiro atoms. The Bertz CT molecular complexity index is 353. The summed E-state index contributed by atoms with van der Waals surface area (Å²) in [5.41, 5.74) is 0.223. The van der Waals surface area contributed by atoms with E-state index in [1.54, 1.807) is 6.92 Å². The van der Waals surface area contributed by atoms with Gasteiger partial charge in [0, 0.05) is 0 Å². The smallest absolute Gasteiger partial charge is 0.394 e. The standard InChI is InChI=1S/C8H12N3O3S/c1-3-14-7(13)6-4-15-8(10-9)11(6,2)5-12/h4-5H,3,9H2,1-2H3/q+1. The molecule has 0 radical (unpaired) electrons. The van der Waals surface area contributed by atoms with Gasteiger partial charge in [-0.1, -0.05) is 0 Å². The van der Waals surface area contributed by atoms with Gasteiger partial charge in [-0.05, 0) is 18.7 Å². The lowest BCUT2D eigenvalue weighted by Gasteiger charge is -2.20. The quantitative estimate of drug-likeness (QED) is 0.242. The van der Waals surface area contributed by atoms with E-state index in [1.165, 1.54) is 12.5 Å². The predicted molar refractivity (Wildman–Crippen MR) is 56.2 cm³/mol. The highest BCUT2D eigenvalue weighted by atomic mass is 32.2. The van der Waals surface area contributed by atoms with Crippen LogP contribution in [0.15, 0.2) is 16.2 Å². The lowest BCUT2D eigenvalue weighted by atomic mass is 10.4. The maximum absolute atomic E-state index is 11.5. The van der Waals surface area contributed by atoms with Gasteiger partial charge in [0.2, 0.25) is 5.70 Å². The summed E-state index contributed by atoms with van der Waals surface area (Å²) in [6.45, 7) is 1.96. The van der Waals surface area contributed by atoms with Crippen molar-refractivity contribution in [3.8, 4) is 0 Å². The third-order valence-electron chi connectivity index (χ3n) is 1.98. The molecule has 0 fully saturated rings. The molecule has 0 bridgehead atoms. The van der Waals surface area contributed by atoms with Crippen molar-refractivity contribution in [2.24, 2.45) is 10.9 Å². The Morgan fingerprint density at radius 1 is 1.80 bits per heavy atom. The minimum absolute atomic E-state index is 0.223. The number of likely N-dealkylation sites (N-methyl/N-ethyl adjacent to an activating group) is 1. The molecule has 0 aromatic heterocycles. The molecule has 1 unspecified atom stereocenters. The third-order valence-corrected chi connectivity index (χ3v) is 3.02. The van der Waals surface area contributed by atoms with Crippen LogP contribution in [0.25, 0.3) is 0 Å². The molecule has 7 heteroatoms. The number of hydrazone groups is 1. The number of amidine groups is 1. The monoisotopic (exact) mass is 230 g/mol. The highest BCUT2D eigenvalue weighted by molar-refractivity contribution is 8.16. The number of rotatable bonds is 3. The Labute approximate surface area is 91.3 Å². The van der Waals surface area contributed by atoms with Gasteiger partial charge in [-0.25, -0.2) is 9.59 Å². The molecule has 1 rings (SSSR count). The first kappa shape index (κ1) is 11.7. The lowest BCUT2D eigenvalue weighted by molar-refractivity contribution is -0.677. The minimum Gasteiger partial charge on any atom is -0.458 e. The molecule has 1 aliphatic heterocycles. The van der Waals surface area contributed by atoms with Gasteiger partial charge in [0.05, 0.1) is 19.1 Å². The van der Waals surface area contributed by atoms with E-state index in [2.05, 4.69) is 5.10 Å². The first-order valence-corrected chi connectivity index (χ1v) is 5.13. The van der Waals surface area contributed by atoms with Gasteiger partial charge in [0.15, 0.2) is 0 Å². The molecule has 82 valence electrons. The van der Waals surface area contributed by atoms with Gasteiger partial charge < -0.3 is 10.6 Å². The average molecular weight is 230 g/mol. The second kappa shape index (κ2) is 4.45. The molecule has 1 amide bonds. The molecule has 1 heterocycles. The van der Waals surface area contributed by atoms with Crippen molar-refractivity contribution in [2.75, 3.05) is 13.7 Å². The zero-order valence-electron chi connectivity index (χ0n) is 8.47. The average Bonchev–Trinajstić information content (AvgIpc) is 2.56. The number of nitrogens with two attached hydrogens (primary N) is 1. The highest BCUT2D eigenvalue weighted by Crippen LogP contribution is 2.31. The number of ether oxygens (including phenoxy) is 1. The lowest BCUT2D eigenvalue weighted by Crippen LogP contribution is -2.46. The number of nitrogens with zero attached hydrogens (tertiary/aromatic N) is 2.